The van der Waals surface area contributed by atoms with Crippen molar-refractivity contribution in [1.29, 1.82) is 0 Å². The first-order valence-electron chi connectivity index (χ1n) is 4.88. The van der Waals surface area contributed by atoms with Gasteiger partial charge in [0.2, 0.25) is 0 Å². The molecule has 0 saturated heterocycles. The molecule has 0 bridgehead atoms. The predicted molar refractivity (Wildman–Crippen MR) is 58.5 cm³/mol. The van der Waals surface area contributed by atoms with Crippen LogP contribution in [0.25, 0.3) is 0 Å². The summed E-state index contributed by atoms with van der Waals surface area (Å²) in [7, 11) is 0. The van der Waals surface area contributed by atoms with Crippen molar-refractivity contribution in [2.75, 3.05) is 12.3 Å². The Kier molecular flexibility index (Phi) is 2.46. The van der Waals surface area contributed by atoms with Crippen molar-refractivity contribution < 1.29 is 4.79 Å². The van der Waals surface area contributed by atoms with E-state index in [0.717, 1.165) is 19.4 Å². The molecule has 2 N–H and O–H groups in total. The molecule has 0 aliphatic heterocycles. The van der Waals surface area contributed by atoms with E-state index in [4.69, 9.17) is 5.73 Å². The van der Waals surface area contributed by atoms with E-state index in [0.29, 0.717) is 16.6 Å². The van der Waals surface area contributed by atoms with Crippen LogP contribution in [0.3, 0.4) is 0 Å². The van der Waals surface area contributed by atoms with Crippen molar-refractivity contribution in [1.82, 2.24) is 4.90 Å². The van der Waals surface area contributed by atoms with Crippen molar-refractivity contribution in [2.45, 2.75) is 25.8 Å². The van der Waals surface area contributed by atoms with Crippen LogP contribution in [-0.4, -0.2) is 23.4 Å². The Morgan fingerprint density at radius 1 is 1.71 bits per heavy atom. The normalized spacial score (nSPS) is 15.5. The molecule has 4 heteroatoms. The molecular weight excluding hydrogens is 196 g/mol. The van der Waals surface area contributed by atoms with Crippen LogP contribution in [0.5, 0.6) is 0 Å². The van der Waals surface area contributed by atoms with E-state index in [1.165, 1.54) is 11.3 Å². The number of nitrogens with zero attached hydrogens (tertiary/aromatic N) is 1. The number of thiophene rings is 1. The molecule has 1 saturated carbocycles. The highest BCUT2D eigenvalue weighted by molar-refractivity contribution is 7.12. The largest absolute Gasteiger partial charge is 0.397 e. The number of anilines is 1. The van der Waals surface area contributed by atoms with Gasteiger partial charge in [-0.15, -0.1) is 11.3 Å². The van der Waals surface area contributed by atoms with Crippen LogP contribution < -0.4 is 5.73 Å². The summed E-state index contributed by atoms with van der Waals surface area (Å²) in [6.07, 6.45) is 2.29. The lowest BCUT2D eigenvalue weighted by molar-refractivity contribution is 0.0758. The molecule has 0 atom stereocenters. The minimum absolute atomic E-state index is 0.0995. The molecule has 3 nitrogen and oxygen atoms in total. The van der Waals surface area contributed by atoms with Crippen LogP contribution in [0.1, 0.15) is 29.4 Å². The second kappa shape index (κ2) is 3.61. The molecule has 1 fully saturated rings. The Morgan fingerprint density at radius 3 is 2.86 bits per heavy atom. The first-order chi connectivity index (χ1) is 6.74. The molecule has 0 spiro atoms. The van der Waals surface area contributed by atoms with Crippen molar-refractivity contribution in [2.24, 2.45) is 0 Å². The van der Waals surface area contributed by atoms with Crippen LogP contribution >= 0.6 is 11.3 Å². The SMILES string of the molecule is CCN(C(=O)c1sccc1N)C1CC1. The van der Waals surface area contributed by atoms with Gasteiger partial charge in [0.05, 0.1) is 5.69 Å². The van der Waals surface area contributed by atoms with Gasteiger partial charge in [0, 0.05) is 12.6 Å². The fourth-order valence-corrected chi connectivity index (χ4v) is 2.35. The third kappa shape index (κ3) is 1.62. The second-order valence-corrected chi connectivity index (χ2v) is 4.44. The maximum absolute atomic E-state index is 12.0. The number of hydrogen-bond donors (Lipinski definition) is 1. The summed E-state index contributed by atoms with van der Waals surface area (Å²) >= 11 is 1.43. The lowest BCUT2D eigenvalue weighted by Gasteiger charge is -2.19. The van der Waals surface area contributed by atoms with E-state index in [1.54, 1.807) is 6.07 Å². The fraction of sp³-hybridized carbons (Fsp3) is 0.500. The van der Waals surface area contributed by atoms with E-state index in [1.807, 2.05) is 17.2 Å². The number of rotatable bonds is 3. The molecule has 2 rings (SSSR count). The molecule has 1 aliphatic carbocycles. The summed E-state index contributed by atoms with van der Waals surface area (Å²) in [6, 6.07) is 2.26. The quantitative estimate of drug-likeness (QED) is 0.829. The zero-order chi connectivity index (χ0) is 10.1. The van der Waals surface area contributed by atoms with Crippen LogP contribution in [0, 0.1) is 0 Å². The van der Waals surface area contributed by atoms with Crippen LogP contribution in [0.4, 0.5) is 5.69 Å². The van der Waals surface area contributed by atoms with Gasteiger partial charge in [-0.25, -0.2) is 0 Å². The van der Waals surface area contributed by atoms with Crippen molar-refractivity contribution in [3.05, 3.63) is 16.3 Å². The Bertz CT molecular complexity index is 344. The number of nitrogen functional groups attached to an aromatic ring is 1. The molecule has 14 heavy (non-hydrogen) atoms. The summed E-state index contributed by atoms with van der Waals surface area (Å²) in [4.78, 5) is 14.6. The monoisotopic (exact) mass is 210 g/mol. The molecule has 1 aromatic heterocycles. The molecule has 1 amide bonds. The van der Waals surface area contributed by atoms with Crippen molar-refractivity contribution in [3.8, 4) is 0 Å². The highest BCUT2D eigenvalue weighted by atomic mass is 32.1. The predicted octanol–water partition coefficient (Wildman–Crippen LogP) is 1.95. The van der Waals surface area contributed by atoms with Crippen LogP contribution in [0.2, 0.25) is 0 Å². The number of carbonyl (C=O) groups is 1. The lowest BCUT2D eigenvalue weighted by Crippen LogP contribution is -2.32. The second-order valence-electron chi connectivity index (χ2n) is 3.53. The van der Waals surface area contributed by atoms with Crippen molar-refractivity contribution in [3.63, 3.8) is 0 Å². The molecule has 0 radical (unpaired) electrons. The fourth-order valence-electron chi connectivity index (χ4n) is 1.58. The average Bonchev–Trinajstić information content (AvgIpc) is 2.90. The van der Waals surface area contributed by atoms with Gasteiger partial charge < -0.3 is 10.6 Å². The maximum atomic E-state index is 12.0. The number of amides is 1. The van der Waals surface area contributed by atoms with Gasteiger partial charge >= 0.3 is 0 Å². The lowest BCUT2D eigenvalue weighted by atomic mass is 10.3. The van der Waals surface area contributed by atoms with E-state index < -0.39 is 0 Å². The third-order valence-electron chi connectivity index (χ3n) is 2.48. The first-order valence-corrected chi connectivity index (χ1v) is 5.76. The first kappa shape index (κ1) is 9.52. The maximum Gasteiger partial charge on any atom is 0.266 e. The smallest absolute Gasteiger partial charge is 0.266 e. The topological polar surface area (TPSA) is 46.3 Å². The van der Waals surface area contributed by atoms with E-state index in [2.05, 4.69) is 0 Å². The molecule has 0 aromatic carbocycles. The molecule has 1 aliphatic rings. The summed E-state index contributed by atoms with van der Waals surface area (Å²) in [5.74, 6) is 0.0995. The minimum atomic E-state index is 0.0995. The van der Waals surface area contributed by atoms with Crippen LogP contribution in [-0.2, 0) is 0 Å². The molecule has 1 aromatic rings. The number of hydrogen-bond acceptors (Lipinski definition) is 3. The Labute approximate surface area is 87.5 Å². The summed E-state index contributed by atoms with van der Waals surface area (Å²) in [5, 5.41) is 1.86. The van der Waals surface area contributed by atoms with E-state index >= 15 is 0 Å². The zero-order valence-corrected chi connectivity index (χ0v) is 9.01. The Morgan fingerprint density at radius 2 is 2.43 bits per heavy atom. The summed E-state index contributed by atoms with van der Waals surface area (Å²) in [6.45, 7) is 2.79. The minimum Gasteiger partial charge on any atom is -0.397 e. The van der Waals surface area contributed by atoms with Gasteiger partial charge in [0.15, 0.2) is 0 Å². The number of carbonyl (C=O) groups excluding carboxylic acids is 1. The molecule has 76 valence electrons. The summed E-state index contributed by atoms with van der Waals surface area (Å²) < 4.78 is 0. The Balaban J connectivity index is 2.17. The highest BCUT2D eigenvalue weighted by Gasteiger charge is 2.32. The third-order valence-corrected chi connectivity index (χ3v) is 3.40. The van der Waals surface area contributed by atoms with Gasteiger partial charge in [-0.3, -0.25) is 4.79 Å². The van der Waals surface area contributed by atoms with Gasteiger partial charge in [0.1, 0.15) is 4.88 Å². The van der Waals surface area contributed by atoms with Gasteiger partial charge in [0.25, 0.3) is 5.91 Å². The van der Waals surface area contributed by atoms with Gasteiger partial charge in [-0.05, 0) is 31.2 Å². The van der Waals surface area contributed by atoms with E-state index in [9.17, 15) is 4.79 Å². The zero-order valence-electron chi connectivity index (χ0n) is 8.19. The molecule has 0 unspecified atom stereocenters. The number of nitrogens with two attached hydrogens (primary N) is 1. The van der Waals surface area contributed by atoms with Crippen LogP contribution in [0.15, 0.2) is 11.4 Å². The molecular formula is C10H14N2OS. The Hall–Kier alpha value is -1.03. The average molecular weight is 210 g/mol. The summed E-state index contributed by atoms with van der Waals surface area (Å²) in [5.41, 5.74) is 6.33. The standard InChI is InChI=1S/C10H14N2OS/c1-2-12(7-3-4-7)10(13)9-8(11)5-6-14-9/h5-7H,2-4,11H2,1H3. The van der Waals surface area contributed by atoms with Crippen molar-refractivity contribution >= 4 is 22.9 Å². The van der Waals surface area contributed by atoms with Gasteiger partial charge in [-0.2, -0.15) is 0 Å². The molecule has 1 heterocycles. The highest BCUT2D eigenvalue weighted by Crippen LogP contribution is 2.30. The van der Waals surface area contributed by atoms with E-state index in [-0.39, 0.29) is 5.91 Å². The van der Waals surface area contributed by atoms with Gasteiger partial charge in [-0.1, -0.05) is 0 Å².